The van der Waals surface area contributed by atoms with Crippen LogP contribution in [0.1, 0.15) is 40.1 Å². The molecule has 6 rings (SSSR count). The van der Waals surface area contributed by atoms with E-state index >= 15 is 0 Å². The lowest BCUT2D eigenvalue weighted by atomic mass is 9.90. The number of carboxylic acids is 1. The van der Waals surface area contributed by atoms with Crippen LogP contribution in [0.2, 0.25) is 0 Å². The number of anilines is 4. The predicted octanol–water partition coefficient (Wildman–Crippen LogP) is 6.49. The van der Waals surface area contributed by atoms with E-state index in [1.165, 1.54) is 23.9 Å². The monoisotopic (exact) mass is 603 g/mol. The van der Waals surface area contributed by atoms with Gasteiger partial charge < -0.3 is 24.8 Å². The number of carbonyl (C=O) groups is 1. The lowest BCUT2D eigenvalue weighted by Gasteiger charge is -2.32. The Bertz CT molecular complexity index is 1800. The zero-order valence-electron chi connectivity index (χ0n) is 24.7. The predicted molar refractivity (Wildman–Crippen MR) is 173 cm³/mol. The smallest absolute Gasteiger partial charge is 0.339 e. The van der Waals surface area contributed by atoms with E-state index in [4.69, 9.17) is 14.5 Å². The van der Waals surface area contributed by atoms with Crippen LogP contribution in [0.25, 0.3) is 11.3 Å². The summed E-state index contributed by atoms with van der Waals surface area (Å²) in [6.07, 6.45) is 4.64. The number of phenols is 1. The van der Waals surface area contributed by atoms with Gasteiger partial charge >= 0.3 is 5.97 Å². The molecule has 45 heavy (non-hydrogen) atoms. The van der Waals surface area contributed by atoms with Crippen LogP contribution in [-0.2, 0) is 6.42 Å². The number of nitrogens with zero attached hydrogens (tertiary/aromatic N) is 5. The summed E-state index contributed by atoms with van der Waals surface area (Å²) in [5, 5.41) is 26.7. The third-order valence-electron chi connectivity index (χ3n) is 7.69. The SMILES string of the molecule is Cc1ccc(Nc2nc(N/N=C\c3ccc(-c4ccc(C(=O)O)c(O)c4)o3)nc(N3CCC(Cc4ccccc4)CC3)n2)cc1. The van der Waals surface area contributed by atoms with Crippen LogP contribution >= 0.6 is 0 Å². The van der Waals surface area contributed by atoms with Crippen molar-refractivity contribution in [3.8, 4) is 17.1 Å². The molecule has 228 valence electrons. The number of aromatic carboxylic acids is 1. The molecule has 0 radical (unpaired) electrons. The fourth-order valence-corrected chi connectivity index (χ4v) is 5.26. The second kappa shape index (κ2) is 13.3. The molecule has 1 fully saturated rings. The molecule has 4 N–H and O–H groups in total. The summed E-state index contributed by atoms with van der Waals surface area (Å²) < 4.78 is 5.83. The number of nitrogens with one attached hydrogen (secondary N) is 2. The van der Waals surface area contributed by atoms with Crippen LogP contribution in [0.5, 0.6) is 5.75 Å². The van der Waals surface area contributed by atoms with Crippen LogP contribution in [0.3, 0.4) is 0 Å². The molecule has 11 heteroatoms. The Balaban J connectivity index is 1.16. The van der Waals surface area contributed by atoms with Crippen molar-refractivity contribution < 1.29 is 19.4 Å². The summed E-state index contributed by atoms with van der Waals surface area (Å²) in [6.45, 7) is 3.71. The quantitative estimate of drug-likeness (QED) is 0.103. The summed E-state index contributed by atoms with van der Waals surface area (Å²) in [5.74, 6) is 1.20. The first-order valence-electron chi connectivity index (χ1n) is 14.7. The zero-order valence-corrected chi connectivity index (χ0v) is 24.7. The molecule has 0 unspecified atom stereocenters. The Morgan fingerprint density at radius 2 is 1.73 bits per heavy atom. The van der Waals surface area contributed by atoms with Crippen molar-refractivity contribution in [2.45, 2.75) is 26.2 Å². The van der Waals surface area contributed by atoms with Gasteiger partial charge in [-0.3, -0.25) is 0 Å². The van der Waals surface area contributed by atoms with Gasteiger partial charge in [0.15, 0.2) is 0 Å². The number of hydrazone groups is 1. The van der Waals surface area contributed by atoms with E-state index in [1.54, 1.807) is 18.2 Å². The minimum Gasteiger partial charge on any atom is -0.507 e. The van der Waals surface area contributed by atoms with Gasteiger partial charge in [-0.2, -0.15) is 20.1 Å². The maximum absolute atomic E-state index is 11.2. The lowest BCUT2D eigenvalue weighted by molar-refractivity contribution is 0.0693. The lowest BCUT2D eigenvalue weighted by Crippen LogP contribution is -2.35. The molecule has 11 nitrogen and oxygen atoms in total. The molecule has 5 aromatic rings. The number of piperidine rings is 1. The number of carboxylic acid groups (broad SMARTS) is 1. The Labute approximate surface area is 260 Å². The van der Waals surface area contributed by atoms with E-state index in [0.717, 1.165) is 43.6 Å². The number of aromatic nitrogens is 3. The first kappa shape index (κ1) is 29.4. The summed E-state index contributed by atoms with van der Waals surface area (Å²) in [5.41, 5.74) is 6.64. The van der Waals surface area contributed by atoms with E-state index in [2.05, 4.69) is 55.0 Å². The van der Waals surface area contributed by atoms with Gasteiger partial charge in [-0.25, -0.2) is 10.2 Å². The number of hydrogen-bond donors (Lipinski definition) is 4. The summed E-state index contributed by atoms with van der Waals surface area (Å²) >= 11 is 0. The van der Waals surface area contributed by atoms with Gasteiger partial charge in [0.05, 0.1) is 6.21 Å². The van der Waals surface area contributed by atoms with Crippen molar-refractivity contribution >= 4 is 35.7 Å². The van der Waals surface area contributed by atoms with Crippen molar-refractivity contribution in [3.63, 3.8) is 0 Å². The molecule has 0 spiro atoms. The molecule has 1 aliphatic heterocycles. The van der Waals surface area contributed by atoms with E-state index in [9.17, 15) is 9.90 Å². The number of furan rings is 1. The van der Waals surface area contributed by atoms with Crippen LogP contribution in [0.4, 0.5) is 23.5 Å². The largest absolute Gasteiger partial charge is 0.507 e. The highest BCUT2D eigenvalue weighted by atomic mass is 16.4. The first-order valence-corrected chi connectivity index (χ1v) is 14.7. The summed E-state index contributed by atoms with van der Waals surface area (Å²) in [6, 6.07) is 26.3. The van der Waals surface area contributed by atoms with Crippen LogP contribution in [0.15, 0.2) is 94.4 Å². The van der Waals surface area contributed by atoms with E-state index < -0.39 is 5.97 Å². The highest BCUT2D eigenvalue weighted by Crippen LogP contribution is 2.28. The van der Waals surface area contributed by atoms with Crippen molar-refractivity contribution in [1.82, 2.24) is 15.0 Å². The van der Waals surface area contributed by atoms with E-state index in [1.807, 2.05) is 37.3 Å². The molecular weight excluding hydrogens is 570 g/mol. The highest BCUT2D eigenvalue weighted by molar-refractivity contribution is 5.91. The molecule has 3 aromatic carbocycles. The molecule has 1 aliphatic rings. The number of aryl methyl sites for hydroxylation is 1. The molecule has 0 bridgehead atoms. The fourth-order valence-electron chi connectivity index (χ4n) is 5.26. The van der Waals surface area contributed by atoms with Gasteiger partial charge in [0.25, 0.3) is 0 Å². The van der Waals surface area contributed by atoms with Crippen molar-refractivity contribution in [1.29, 1.82) is 0 Å². The average Bonchev–Trinajstić information content (AvgIpc) is 3.52. The van der Waals surface area contributed by atoms with Gasteiger partial charge in [-0.15, -0.1) is 0 Å². The molecule has 0 amide bonds. The molecule has 0 atom stereocenters. The maximum Gasteiger partial charge on any atom is 0.339 e. The second-order valence-corrected chi connectivity index (χ2v) is 11.0. The molecule has 1 saturated heterocycles. The van der Waals surface area contributed by atoms with Gasteiger partial charge in [0.2, 0.25) is 17.8 Å². The highest BCUT2D eigenvalue weighted by Gasteiger charge is 2.22. The second-order valence-electron chi connectivity index (χ2n) is 11.0. The first-order chi connectivity index (χ1) is 21.9. The fraction of sp³-hybridized carbons (Fsp3) is 0.206. The molecule has 2 aromatic heterocycles. The number of benzene rings is 3. The van der Waals surface area contributed by atoms with Crippen LogP contribution in [0, 0.1) is 12.8 Å². The van der Waals surface area contributed by atoms with Crippen molar-refractivity contribution in [2.24, 2.45) is 11.0 Å². The standard InChI is InChI=1S/C34H33N7O4/c1-22-7-10-26(11-8-22)36-32-37-33(39-34(38-32)41-17-15-24(16-18-41)19-23-5-3-2-4-6-23)40-35-21-27-12-14-30(45-27)25-9-13-28(31(43)44)29(42)20-25/h2-14,20-21,24,42H,15-19H2,1H3,(H,43,44)(H2,36,37,38,39,40)/b35-21-. The van der Waals surface area contributed by atoms with Gasteiger partial charge in [0.1, 0.15) is 22.8 Å². The molecular formula is C34H33N7O4. The van der Waals surface area contributed by atoms with E-state index in [-0.39, 0.29) is 17.3 Å². The van der Waals surface area contributed by atoms with E-state index in [0.29, 0.717) is 34.9 Å². The van der Waals surface area contributed by atoms with Gasteiger partial charge in [0, 0.05) is 24.3 Å². The average molecular weight is 604 g/mol. The number of rotatable bonds is 10. The summed E-state index contributed by atoms with van der Waals surface area (Å²) in [4.78, 5) is 27.3. The normalized spacial score (nSPS) is 13.7. The van der Waals surface area contributed by atoms with Crippen molar-refractivity contribution in [2.75, 3.05) is 28.7 Å². The topological polar surface area (TPSA) is 149 Å². The minimum absolute atomic E-state index is 0.180. The minimum atomic E-state index is -1.20. The summed E-state index contributed by atoms with van der Waals surface area (Å²) in [7, 11) is 0. The molecule has 3 heterocycles. The maximum atomic E-state index is 11.2. The number of aromatic hydroxyl groups is 1. The zero-order chi connectivity index (χ0) is 31.2. The Morgan fingerprint density at radius 1 is 0.978 bits per heavy atom. The van der Waals surface area contributed by atoms with Crippen LogP contribution in [-0.4, -0.2) is 50.4 Å². The van der Waals surface area contributed by atoms with Gasteiger partial charge in [-0.1, -0.05) is 54.1 Å². The third-order valence-corrected chi connectivity index (χ3v) is 7.69. The Hall–Kier alpha value is -5.71. The van der Waals surface area contributed by atoms with Crippen LogP contribution < -0.4 is 15.6 Å². The van der Waals surface area contributed by atoms with Crippen molar-refractivity contribution in [3.05, 3.63) is 107 Å². The Kier molecular flexibility index (Phi) is 8.67. The Morgan fingerprint density at radius 3 is 2.47 bits per heavy atom. The molecule has 0 aliphatic carbocycles. The third kappa shape index (κ3) is 7.45. The molecule has 0 saturated carbocycles. The van der Waals surface area contributed by atoms with Gasteiger partial charge in [-0.05, 0) is 74.1 Å². The number of hydrogen-bond acceptors (Lipinski definition) is 10.